The first-order chi connectivity index (χ1) is 7.93. The molecule has 2 N–H and O–H groups in total. The molecule has 0 rings (SSSR count). The lowest BCUT2D eigenvalue weighted by Gasteiger charge is -2.21. The van der Waals surface area contributed by atoms with Crippen LogP contribution >= 0.6 is 0 Å². The molecule has 0 aromatic heterocycles. The van der Waals surface area contributed by atoms with Crippen molar-refractivity contribution in [2.24, 2.45) is 0 Å². The van der Waals surface area contributed by atoms with Crippen LogP contribution in [0.25, 0.3) is 0 Å². The van der Waals surface area contributed by atoms with Crippen LogP contribution in [0.2, 0.25) is 0 Å². The molecular weight excluding hydrogens is 216 g/mol. The summed E-state index contributed by atoms with van der Waals surface area (Å²) in [5, 5.41) is 11.9. The Kier molecular flexibility index (Phi) is 9.09. The summed E-state index contributed by atoms with van der Waals surface area (Å²) in [4.78, 5) is 12.7. The lowest BCUT2D eigenvalue weighted by Crippen LogP contribution is -2.30. The largest absolute Gasteiger partial charge is 0.481 e. The summed E-state index contributed by atoms with van der Waals surface area (Å²) in [7, 11) is 2.15. The van der Waals surface area contributed by atoms with Crippen molar-refractivity contribution in [3.8, 4) is 0 Å². The Morgan fingerprint density at radius 2 is 1.94 bits per heavy atom. The fraction of sp³-hybridized carbons (Fsp3) is 0.923. The molecule has 0 bridgehead atoms. The van der Waals surface area contributed by atoms with E-state index in [1.165, 1.54) is 6.42 Å². The fourth-order valence-corrected chi connectivity index (χ4v) is 1.53. The van der Waals surface area contributed by atoms with Gasteiger partial charge in [0.25, 0.3) is 0 Å². The van der Waals surface area contributed by atoms with Gasteiger partial charge in [-0.15, -0.1) is 0 Å². The molecular formula is C13H28N2O2. The lowest BCUT2D eigenvalue weighted by molar-refractivity contribution is -0.137. The number of nitrogens with one attached hydrogen (secondary N) is 1. The Bertz CT molecular complexity index is 208. The lowest BCUT2D eigenvalue weighted by atomic mass is 10.2. The highest BCUT2D eigenvalue weighted by molar-refractivity contribution is 5.66. The Labute approximate surface area is 105 Å². The van der Waals surface area contributed by atoms with Crippen molar-refractivity contribution in [2.75, 3.05) is 20.1 Å². The number of nitrogens with zero attached hydrogens (tertiary/aromatic N) is 1. The van der Waals surface area contributed by atoms with Gasteiger partial charge in [0.05, 0.1) is 0 Å². The van der Waals surface area contributed by atoms with Crippen molar-refractivity contribution in [1.29, 1.82) is 0 Å². The quantitative estimate of drug-likeness (QED) is 0.577. The van der Waals surface area contributed by atoms with Crippen molar-refractivity contribution in [3.05, 3.63) is 0 Å². The van der Waals surface area contributed by atoms with Crippen LogP contribution < -0.4 is 5.32 Å². The van der Waals surface area contributed by atoms with E-state index in [0.717, 1.165) is 19.5 Å². The summed E-state index contributed by atoms with van der Waals surface area (Å²) in [6, 6.07) is 0.909. The minimum absolute atomic E-state index is 0.254. The number of carboxylic acid groups (broad SMARTS) is 1. The van der Waals surface area contributed by atoms with Crippen LogP contribution in [0.15, 0.2) is 0 Å². The van der Waals surface area contributed by atoms with Crippen LogP contribution in [0.3, 0.4) is 0 Å². The zero-order chi connectivity index (χ0) is 13.3. The van der Waals surface area contributed by atoms with E-state index in [1.54, 1.807) is 0 Å². The average molecular weight is 244 g/mol. The maximum absolute atomic E-state index is 10.4. The third kappa shape index (κ3) is 10.3. The van der Waals surface area contributed by atoms with Crippen molar-refractivity contribution >= 4 is 5.97 Å². The van der Waals surface area contributed by atoms with Crippen LogP contribution in [-0.4, -0.2) is 48.2 Å². The molecule has 4 nitrogen and oxygen atoms in total. The summed E-state index contributed by atoms with van der Waals surface area (Å²) in [5.41, 5.74) is 0. The monoisotopic (exact) mass is 244 g/mol. The Morgan fingerprint density at radius 3 is 2.47 bits per heavy atom. The standard InChI is InChI=1S/C13H28N2O2/c1-11(2)15(4)10-6-5-9-14-12(3)7-8-13(16)17/h11-12,14H,5-10H2,1-4H3,(H,16,17). The summed E-state index contributed by atoms with van der Waals surface area (Å²) < 4.78 is 0. The third-order valence-corrected chi connectivity index (χ3v) is 3.10. The van der Waals surface area contributed by atoms with Crippen molar-refractivity contribution in [2.45, 2.75) is 58.5 Å². The van der Waals surface area contributed by atoms with Gasteiger partial charge in [-0.3, -0.25) is 4.79 Å². The molecule has 0 fully saturated rings. The van der Waals surface area contributed by atoms with Crippen LogP contribution in [0.4, 0.5) is 0 Å². The molecule has 0 radical (unpaired) electrons. The third-order valence-electron chi connectivity index (χ3n) is 3.10. The second-order valence-corrected chi connectivity index (χ2v) is 5.07. The zero-order valence-corrected chi connectivity index (χ0v) is 11.7. The first-order valence-corrected chi connectivity index (χ1v) is 6.59. The molecule has 17 heavy (non-hydrogen) atoms. The molecule has 0 aromatic rings. The van der Waals surface area contributed by atoms with Crippen molar-refractivity contribution in [3.63, 3.8) is 0 Å². The van der Waals surface area contributed by atoms with Crippen LogP contribution in [0.5, 0.6) is 0 Å². The van der Waals surface area contributed by atoms with Gasteiger partial charge in [0.15, 0.2) is 0 Å². The molecule has 4 heteroatoms. The summed E-state index contributed by atoms with van der Waals surface area (Å²) in [6.45, 7) is 8.55. The second kappa shape index (κ2) is 9.42. The number of unbranched alkanes of at least 4 members (excludes halogenated alkanes) is 1. The highest BCUT2D eigenvalue weighted by Gasteiger charge is 2.05. The number of rotatable bonds is 10. The van der Waals surface area contributed by atoms with E-state index in [0.29, 0.717) is 18.5 Å². The number of carbonyl (C=O) groups is 1. The zero-order valence-electron chi connectivity index (χ0n) is 11.7. The molecule has 0 heterocycles. The van der Waals surface area contributed by atoms with Crippen molar-refractivity contribution in [1.82, 2.24) is 10.2 Å². The first-order valence-electron chi connectivity index (χ1n) is 6.59. The Hall–Kier alpha value is -0.610. The molecule has 0 saturated carbocycles. The molecule has 0 aromatic carbocycles. The van der Waals surface area contributed by atoms with Gasteiger partial charge < -0.3 is 15.3 Å². The predicted octanol–water partition coefficient (Wildman–Crippen LogP) is 1.95. The molecule has 1 atom stereocenters. The molecule has 0 aliphatic carbocycles. The van der Waals surface area contributed by atoms with E-state index in [9.17, 15) is 4.79 Å². The number of carboxylic acids is 1. The first kappa shape index (κ1) is 16.4. The van der Waals surface area contributed by atoms with Gasteiger partial charge in [0, 0.05) is 18.5 Å². The number of hydrogen-bond acceptors (Lipinski definition) is 3. The van der Waals surface area contributed by atoms with Gasteiger partial charge in [-0.2, -0.15) is 0 Å². The van der Waals surface area contributed by atoms with Crippen LogP contribution in [0, 0.1) is 0 Å². The summed E-state index contributed by atoms with van der Waals surface area (Å²) >= 11 is 0. The normalized spacial score (nSPS) is 13.3. The van der Waals surface area contributed by atoms with E-state index in [1.807, 2.05) is 6.92 Å². The Morgan fingerprint density at radius 1 is 1.29 bits per heavy atom. The summed E-state index contributed by atoms with van der Waals surface area (Å²) in [5.74, 6) is -0.711. The predicted molar refractivity (Wildman–Crippen MR) is 71.3 cm³/mol. The second-order valence-electron chi connectivity index (χ2n) is 5.07. The van der Waals surface area contributed by atoms with E-state index >= 15 is 0 Å². The molecule has 1 unspecified atom stereocenters. The van der Waals surface area contributed by atoms with Gasteiger partial charge in [-0.1, -0.05) is 0 Å². The van der Waals surface area contributed by atoms with E-state index in [-0.39, 0.29) is 6.42 Å². The van der Waals surface area contributed by atoms with Gasteiger partial charge in [0.2, 0.25) is 0 Å². The fourth-order valence-electron chi connectivity index (χ4n) is 1.53. The maximum atomic E-state index is 10.4. The van der Waals surface area contributed by atoms with E-state index in [2.05, 4.69) is 31.1 Å². The Balaban J connectivity index is 3.36. The highest BCUT2D eigenvalue weighted by atomic mass is 16.4. The molecule has 0 spiro atoms. The smallest absolute Gasteiger partial charge is 0.303 e. The SMILES string of the molecule is CC(CCC(=O)O)NCCCCN(C)C(C)C. The average Bonchev–Trinajstić information content (AvgIpc) is 2.25. The van der Waals surface area contributed by atoms with E-state index in [4.69, 9.17) is 5.11 Å². The van der Waals surface area contributed by atoms with Gasteiger partial charge >= 0.3 is 5.97 Å². The van der Waals surface area contributed by atoms with E-state index < -0.39 is 5.97 Å². The van der Waals surface area contributed by atoms with Gasteiger partial charge in [-0.25, -0.2) is 0 Å². The molecule has 0 amide bonds. The number of hydrogen-bond donors (Lipinski definition) is 2. The summed E-state index contributed by atoms with van der Waals surface area (Å²) in [6.07, 6.45) is 3.30. The van der Waals surface area contributed by atoms with Gasteiger partial charge in [0.1, 0.15) is 0 Å². The molecule has 102 valence electrons. The molecule has 0 aliphatic rings. The van der Waals surface area contributed by atoms with Crippen molar-refractivity contribution < 1.29 is 9.90 Å². The molecule has 0 saturated heterocycles. The van der Waals surface area contributed by atoms with Crippen LogP contribution in [-0.2, 0) is 4.79 Å². The number of aliphatic carboxylic acids is 1. The van der Waals surface area contributed by atoms with Crippen LogP contribution in [0.1, 0.15) is 46.5 Å². The topological polar surface area (TPSA) is 52.6 Å². The van der Waals surface area contributed by atoms with Gasteiger partial charge in [-0.05, 0) is 60.2 Å². The minimum Gasteiger partial charge on any atom is -0.481 e. The maximum Gasteiger partial charge on any atom is 0.303 e. The minimum atomic E-state index is -0.711. The highest BCUT2D eigenvalue weighted by Crippen LogP contribution is 1.99. The molecule has 0 aliphatic heterocycles.